The molecule has 1 amide bonds. The highest BCUT2D eigenvalue weighted by Gasteiger charge is 2.48. The zero-order valence-corrected chi connectivity index (χ0v) is 22.8. The Morgan fingerprint density at radius 2 is 1.85 bits per heavy atom. The van der Waals surface area contributed by atoms with E-state index in [-0.39, 0.29) is 16.5 Å². The second-order valence-electron chi connectivity index (χ2n) is 8.80. The molecule has 1 aliphatic heterocycles. The van der Waals surface area contributed by atoms with Crippen molar-refractivity contribution in [2.75, 3.05) is 11.5 Å². The van der Waals surface area contributed by atoms with Crippen molar-refractivity contribution in [1.82, 2.24) is 15.2 Å². The van der Waals surface area contributed by atoms with Gasteiger partial charge in [0.15, 0.2) is 4.34 Å². The number of thioether (sulfide) groups is 1. The Hall–Kier alpha value is -4.02. The van der Waals surface area contributed by atoms with Crippen LogP contribution in [0.4, 0.5) is 5.13 Å². The van der Waals surface area contributed by atoms with E-state index in [4.69, 9.17) is 4.74 Å². The number of hydrogen-bond acceptors (Lipinski definition) is 9. The van der Waals surface area contributed by atoms with E-state index >= 15 is 0 Å². The molecule has 1 saturated heterocycles. The summed E-state index contributed by atoms with van der Waals surface area (Å²) in [5, 5.41) is 20.1. The lowest BCUT2D eigenvalue weighted by Gasteiger charge is -2.23. The Balaban J connectivity index is 1.53. The van der Waals surface area contributed by atoms with E-state index in [1.54, 1.807) is 18.2 Å². The van der Waals surface area contributed by atoms with E-state index in [2.05, 4.69) is 22.1 Å². The zero-order chi connectivity index (χ0) is 27.2. The first-order chi connectivity index (χ1) is 19.1. The van der Waals surface area contributed by atoms with Gasteiger partial charge >= 0.3 is 5.91 Å². The number of unbranched alkanes of at least 4 members (excludes halogenated alkanes) is 1. The largest absolute Gasteiger partial charge is 0.507 e. The fraction of sp³-hybridized carbons (Fsp3) is 0.207. The topological polar surface area (TPSA) is 106 Å². The Labute approximate surface area is 234 Å². The van der Waals surface area contributed by atoms with Crippen molar-refractivity contribution in [2.24, 2.45) is 0 Å². The minimum absolute atomic E-state index is 0.0226. The molecule has 1 unspecified atom stereocenters. The van der Waals surface area contributed by atoms with Crippen LogP contribution < -0.4 is 9.64 Å². The van der Waals surface area contributed by atoms with Crippen molar-refractivity contribution in [3.63, 3.8) is 0 Å². The molecule has 1 aliphatic rings. The van der Waals surface area contributed by atoms with Crippen LogP contribution >= 0.6 is 23.1 Å². The van der Waals surface area contributed by atoms with Crippen molar-refractivity contribution in [1.29, 1.82) is 0 Å². The first-order valence-corrected chi connectivity index (χ1v) is 14.3. The molecular weight excluding hydrogens is 532 g/mol. The molecule has 0 radical (unpaired) electrons. The van der Waals surface area contributed by atoms with Crippen molar-refractivity contribution >= 4 is 45.7 Å². The summed E-state index contributed by atoms with van der Waals surface area (Å²) in [5.74, 6) is -0.531. The number of pyridine rings is 1. The molecule has 8 nitrogen and oxygen atoms in total. The number of amides is 1. The number of aliphatic hydroxyl groups is 1. The van der Waals surface area contributed by atoms with Gasteiger partial charge in [0.05, 0.1) is 18.2 Å². The van der Waals surface area contributed by atoms with Crippen molar-refractivity contribution in [2.45, 2.75) is 35.9 Å². The molecule has 2 aromatic heterocycles. The third-order valence-electron chi connectivity index (χ3n) is 6.15. The highest BCUT2D eigenvalue weighted by atomic mass is 32.2. The lowest BCUT2D eigenvalue weighted by Crippen LogP contribution is -2.29. The number of rotatable bonds is 10. The number of benzene rings is 2. The Kier molecular flexibility index (Phi) is 8.33. The van der Waals surface area contributed by atoms with Gasteiger partial charge in [-0.2, -0.15) is 0 Å². The van der Waals surface area contributed by atoms with E-state index in [1.165, 1.54) is 40.4 Å². The predicted octanol–water partition coefficient (Wildman–Crippen LogP) is 6.03. The molecule has 1 atom stereocenters. The van der Waals surface area contributed by atoms with Gasteiger partial charge in [-0.05, 0) is 41.8 Å². The summed E-state index contributed by atoms with van der Waals surface area (Å²) < 4.78 is 6.56. The van der Waals surface area contributed by atoms with Gasteiger partial charge in [0.25, 0.3) is 5.78 Å². The average Bonchev–Trinajstić information content (AvgIpc) is 3.55. The summed E-state index contributed by atoms with van der Waals surface area (Å²) in [6.07, 6.45) is 4.93. The van der Waals surface area contributed by atoms with E-state index in [9.17, 15) is 14.7 Å². The summed E-state index contributed by atoms with van der Waals surface area (Å²) in [6.45, 7) is 2.64. The number of Topliss-reactive ketones (excluding diaryl/α,β-unsaturated/α-hetero) is 1. The van der Waals surface area contributed by atoms with Crippen LogP contribution in [-0.4, -0.2) is 38.6 Å². The summed E-state index contributed by atoms with van der Waals surface area (Å²) >= 11 is 2.74. The first-order valence-electron chi connectivity index (χ1n) is 12.5. The maximum Gasteiger partial charge on any atom is 0.301 e. The molecule has 0 bridgehead atoms. The van der Waals surface area contributed by atoms with Crippen LogP contribution in [0.5, 0.6) is 5.75 Å². The molecule has 3 heterocycles. The van der Waals surface area contributed by atoms with Crippen LogP contribution in [0.3, 0.4) is 0 Å². The van der Waals surface area contributed by atoms with Crippen LogP contribution in [0.25, 0.3) is 5.76 Å². The Morgan fingerprint density at radius 1 is 1.05 bits per heavy atom. The van der Waals surface area contributed by atoms with Gasteiger partial charge in [0.1, 0.15) is 11.5 Å². The minimum Gasteiger partial charge on any atom is -0.507 e. The number of anilines is 1. The van der Waals surface area contributed by atoms with Crippen molar-refractivity contribution < 1.29 is 19.4 Å². The molecule has 1 N–H and O–H groups in total. The van der Waals surface area contributed by atoms with Gasteiger partial charge in [-0.3, -0.25) is 19.5 Å². The second kappa shape index (κ2) is 12.2. The number of aromatic nitrogens is 3. The number of aliphatic hydroxyl groups excluding tert-OH is 1. The van der Waals surface area contributed by atoms with E-state index in [0.717, 1.165) is 18.4 Å². The molecule has 0 spiro atoms. The number of carbonyl (C=O) groups is 2. The molecule has 0 saturated carbocycles. The van der Waals surface area contributed by atoms with Gasteiger partial charge < -0.3 is 9.84 Å². The molecule has 5 rings (SSSR count). The van der Waals surface area contributed by atoms with E-state index in [0.29, 0.717) is 33.6 Å². The fourth-order valence-electron chi connectivity index (χ4n) is 4.20. The monoisotopic (exact) mass is 558 g/mol. The molecule has 39 heavy (non-hydrogen) atoms. The van der Waals surface area contributed by atoms with Crippen LogP contribution in [0, 0.1) is 0 Å². The van der Waals surface area contributed by atoms with Crippen LogP contribution in [0.2, 0.25) is 0 Å². The smallest absolute Gasteiger partial charge is 0.301 e. The van der Waals surface area contributed by atoms with Gasteiger partial charge in [-0.15, -0.1) is 10.2 Å². The quantitative estimate of drug-likeness (QED) is 0.0628. The summed E-state index contributed by atoms with van der Waals surface area (Å²) in [6, 6.07) is 19.5. The van der Waals surface area contributed by atoms with Gasteiger partial charge in [0, 0.05) is 23.7 Å². The molecule has 2 aromatic carbocycles. The summed E-state index contributed by atoms with van der Waals surface area (Å²) in [4.78, 5) is 32.1. The highest BCUT2D eigenvalue weighted by molar-refractivity contribution is 8.00. The maximum absolute atomic E-state index is 13.4. The van der Waals surface area contributed by atoms with Crippen LogP contribution in [0.1, 0.15) is 42.5 Å². The van der Waals surface area contributed by atoms with Crippen molar-refractivity contribution in [3.05, 3.63) is 101 Å². The third-order valence-corrected chi connectivity index (χ3v) is 8.27. The van der Waals surface area contributed by atoms with E-state index < -0.39 is 17.7 Å². The maximum atomic E-state index is 13.4. The third kappa shape index (κ3) is 5.86. The number of nitrogens with zero attached hydrogens (tertiary/aromatic N) is 4. The minimum atomic E-state index is -0.909. The molecule has 0 aliphatic carbocycles. The van der Waals surface area contributed by atoms with Crippen LogP contribution in [-0.2, 0) is 15.3 Å². The molecule has 10 heteroatoms. The standard InChI is InChI=1S/C29H26N4O4S2/c1-2-3-16-37-22-11-7-10-21(17-22)24-23(25(34)20-12-14-30-15-13-20)26(35)27(36)33(24)28-31-32-29(39-28)38-18-19-8-5-4-6-9-19/h4-15,17,24,34H,2-3,16,18H2,1H3. The fourth-order valence-corrected chi connectivity index (χ4v) is 6.02. The Morgan fingerprint density at radius 3 is 2.62 bits per heavy atom. The number of carbonyl (C=O) groups excluding carboxylic acids is 2. The SMILES string of the molecule is CCCCOc1cccc(C2C(=C(O)c3ccncc3)C(=O)C(=O)N2c2nnc(SCc3ccccc3)s2)c1. The number of hydrogen-bond donors (Lipinski definition) is 1. The lowest BCUT2D eigenvalue weighted by molar-refractivity contribution is -0.132. The highest BCUT2D eigenvalue weighted by Crippen LogP contribution is 2.44. The molecule has 198 valence electrons. The normalized spacial score (nSPS) is 16.5. The average molecular weight is 559 g/mol. The van der Waals surface area contributed by atoms with Gasteiger partial charge in [-0.1, -0.05) is 78.9 Å². The summed E-state index contributed by atoms with van der Waals surface area (Å²) in [7, 11) is 0. The Bertz CT molecular complexity index is 1490. The number of ketones is 1. The van der Waals surface area contributed by atoms with Gasteiger partial charge in [0.2, 0.25) is 5.13 Å². The zero-order valence-electron chi connectivity index (χ0n) is 21.2. The summed E-state index contributed by atoms with van der Waals surface area (Å²) in [5.41, 5.74) is 2.12. The molecular formula is C29H26N4O4S2. The molecule has 4 aromatic rings. The number of ether oxygens (including phenoxy) is 1. The second-order valence-corrected chi connectivity index (χ2v) is 11.0. The van der Waals surface area contributed by atoms with Gasteiger partial charge in [-0.25, -0.2) is 0 Å². The van der Waals surface area contributed by atoms with Crippen LogP contribution in [0.15, 0.2) is 89.0 Å². The lowest BCUT2D eigenvalue weighted by atomic mass is 9.95. The van der Waals surface area contributed by atoms with E-state index in [1.807, 2.05) is 48.5 Å². The van der Waals surface area contributed by atoms with Crippen molar-refractivity contribution in [3.8, 4) is 5.75 Å². The first kappa shape index (κ1) is 26.6. The molecule has 1 fully saturated rings. The predicted molar refractivity (Wildman–Crippen MR) is 152 cm³/mol.